The molecule has 0 aromatic heterocycles. The van der Waals surface area contributed by atoms with Crippen molar-refractivity contribution in [3.63, 3.8) is 0 Å². The van der Waals surface area contributed by atoms with E-state index in [9.17, 15) is 9.90 Å². The van der Waals surface area contributed by atoms with Gasteiger partial charge in [0.15, 0.2) is 0 Å². The summed E-state index contributed by atoms with van der Waals surface area (Å²) in [5, 5.41) is 11.2. The molecular weight excluding hydrogens is 296 g/mol. The minimum atomic E-state index is -0.777. The Labute approximate surface area is 138 Å². The predicted octanol–water partition coefficient (Wildman–Crippen LogP) is 4.10. The van der Waals surface area contributed by atoms with Crippen molar-refractivity contribution in [1.29, 1.82) is 0 Å². The molecule has 22 heavy (non-hydrogen) atoms. The largest absolute Gasteiger partial charge is 0.387 e. The van der Waals surface area contributed by atoms with Gasteiger partial charge in [-0.2, -0.15) is 0 Å². The van der Waals surface area contributed by atoms with Gasteiger partial charge in [-0.1, -0.05) is 26.0 Å². The Morgan fingerprint density at radius 2 is 1.91 bits per heavy atom. The molecule has 0 heterocycles. The van der Waals surface area contributed by atoms with Gasteiger partial charge in [0.1, 0.15) is 5.78 Å². The minimum Gasteiger partial charge on any atom is -0.387 e. The predicted molar refractivity (Wildman–Crippen MR) is 87.7 cm³/mol. The van der Waals surface area contributed by atoms with Crippen LogP contribution in [0.4, 0.5) is 0 Å². The van der Waals surface area contributed by atoms with Gasteiger partial charge in [0.2, 0.25) is 0 Å². The number of carbonyl (C=O) groups excluding carboxylic acids is 1. The number of alkyl halides is 1. The molecule has 0 saturated heterocycles. The van der Waals surface area contributed by atoms with Gasteiger partial charge in [-0.3, -0.25) is 4.79 Å². The SMILES string of the molecule is C[C@]12CC[C@H]3[C@@H](C[C@@H](Cl)[C@@]4(O)CC=CC[C@]34C)[C@@H]1CCC2=O. The van der Waals surface area contributed by atoms with Crippen LogP contribution in [-0.4, -0.2) is 21.9 Å². The van der Waals surface area contributed by atoms with E-state index < -0.39 is 5.60 Å². The average molecular weight is 323 g/mol. The maximum atomic E-state index is 12.4. The number of ketones is 1. The average Bonchev–Trinajstić information content (AvgIpc) is 2.78. The van der Waals surface area contributed by atoms with E-state index in [1.54, 1.807) is 0 Å². The summed E-state index contributed by atoms with van der Waals surface area (Å²) in [6.45, 7) is 4.44. The standard InChI is InChI=1S/C19H27ClO2/c1-17-10-7-14-12(13(17)5-6-16(17)21)11-15(20)19(22)9-4-3-8-18(14,19)2/h3-4,12-15,22H,5-11H2,1-2H3/t12-,13-,14-,15+,17-,18+,19-/m0/s1. The van der Waals surface area contributed by atoms with Gasteiger partial charge in [-0.05, 0) is 56.3 Å². The van der Waals surface area contributed by atoms with Crippen molar-refractivity contribution in [2.75, 3.05) is 0 Å². The molecule has 0 aliphatic heterocycles. The first kappa shape index (κ1) is 15.2. The van der Waals surface area contributed by atoms with E-state index in [-0.39, 0.29) is 16.2 Å². The van der Waals surface area contributed by atoms with Gasteiger partial charge in [-0.25, -0.2) is 0 Å². The molecule has 4 rings (SSSR count). The van der Waals surface area contributed by atoms with Crippen LogP contribution in [0.15, 0.2) is 12.2 Å². The molecule has 0 amide bonds. The molecule has 3 heteroatoms. The summed E-state index contributed by atoms with van der Waals surface area (Å²) in [5.74, 6) is 1.95. The highest BCUT2D eigenvalue weighted by molar-refractivity contribution is 6.21. The zero-order chi connectivity index (χ0) is 15.8. The van der Waals surface area contributed by atoms with Crippen LogP contribution >= 0.6 is 11.6 Å². The lowest BCUT2D eigenvalue weighted by Crippen LogP contribution is -2.65. The summed E-state index contributed by atoms with van der Waals surface area (Å²) in [7, 11) is 0. The van der Waals surface area contributed by atoms with Gasteiger partial charge in [0, 0.05) is 17.3 Å². The summed E-state index contributed by atoms with van der Waals surface area (Å²) in [6.07, 6.45) is 10.7. The lowest BCUT2D eigenvalue weighted by atomic mass is 9.44. The molecule has 4 aliphatic carbocycles. The van der Waals surface area contributed by atoms with E-state index in [2.05, 4.69) is 26.0 Å². The highest BCUT2D eigenvalue weighted by atomic mass is 35.5. The molecule has 3 saturated carbocycles. The third-order valence-electron chi connectivity index (χ3n) is 8.09. The third-order valence-corrected chi connectivity index (χ3v) is 8.63. The first-order valence-electron chi connectivity index (χ1n) is 8.88. The van der Waals surface area contributed by atoms with Crippen LogP contribution < -0.4 is 0 Å². The van der Waals surface area contributed by atoms with Gasteiger partial charge < -0.3 is 5.11 Å². The summed E-state index contributed by atoms with van der Waals surface area (Å²) < 4.78 is 0. The number of fused-ring (bicyclic) bond motifs is 5. The van der Waals surface area contributed by atoms with Crippen molar-refractivity contribution in [1.82, 2.24) is 0 Å². The van der Waals surface area contributed by atoms with E-state index in [4.69, 9.17) is 11.6 Å². The van der Waals surface area contributed by atoms with E-state index >= 15 is 0 Å². The Kier molecular flexibility index (Phi) is 3.18. The Morgan fingerprint density at radius 1 is 1.18 bits per heavy atom. The summed E-state index contributed by atoms with van der Waals surface area (Å²) in [4.78, 5) is 12.4. The maximum Gasteiger partial charge on any atom is 0.139 e. The number of halogens is 1. The molecule has 0 aromatic rings. The highest BCUT2D eigenvalue weighted by Crippen LogP contribution is 2.66. The number of hydrogen-bond acceptors (Lipinski definition) is 2. The van der Waals surface area contributed by atoms with E-state index in [0.717, 1.165) is 38.5 Å². The van der Waals surface area contributed by atoms with Crippen LogP contribution in [-0.2, 0) is 4.79 Å². The number of allylic oxidation sites excluding steroid dienone is 1. The number of carbonyl (C=O) groups is 1. The third kappa shape index (κ3) is 1.64. The van der Waals surface area contributed by atoms with Crippen molar-refractivity contribution in [3.8, 4) is 0 Å². The van der Waals surface area contributed by atoms with E-state index in [0.29, 0.717) is 30.0 Å². The summed E-state index contributed by atoms with van der Waals surface area (Å²) in [5.41, 5.74) is -1.03. The minimum absolute atomic E-state index is 0.117. The second-order valence-electron chi connectivity index (χ2n) is 8.72. The number of hydrogen-bond donors (Lipinski definition) is 1. The van der Waals surface area contributed by atoms with Crippen LogP contribution in [0.3, 0.4) is 0 Å². The molecule has 0 spiro atoms. The lowest BCUT2D eigenvalue weighted by Gasteiger charge is -2.63. The molecule has 0 aromatic carbocycles. The van der Waals surface area contributed by atoms with Gasteiger partial charge in [0.25, 0.3) is 0 Å². The van der Waals surface area contributed by atoms with E-state index in [1.807, 2.05) is 0 Å². The zero-order valence-electron chi connectivity index (χ0n) is 13.6. The zero-order valence-corrected chi connectivity index (χ0v) is 14.4. The molecule has 0 unspecified atom stereocenters. The van der Waals surface area contributed by atoms with Crippen molar-refractivity contribution in [2.24, 2.45) is 28.6 Å². The fourth-order valence-corrected chi connectivity index (χ4v) is 7.12. The van der Waals surface area contributed by atoms with Crippen LogP contribution in [0.2, 0.25) is 0 Å². The molecule has 1 N–H and O–H groups in total. The molecule has 122 valence electrons. The fourth-order valence-electron chi connectivity index (χ4n) is 6.57. The van der Waals surface area contributed by atoms with Crippen LogP contribution in [0.5, 0.6) is 0 Å². The molecule has 0 radical (unpaired) electrons. The first-order valence-corrected chi connectivity index (χ1v) is 9.31. The molecule has 0 bridgehead atoms. The van der Waals surface area contributed by atoms with Crippen LogP contribution in [0, 0.1) is 28.6 Å². The second-order valence-corrected chi connectivity index (χ2v) is 9.25. The normalized spacial score (nSPS) is 57.2. The van der Waals surface area contributed by atoms with Crippen molar-refractivity contribution in [2.45, 2.75) is 69.8 Å². The molecular formula is C19H27ClO2. The number of Topliss-reactive ketones (excluding diaryl/α,β-unsaturated/α-hetero) is 1. The van der Waals surface area contributed by atoms with E-state index in [1.165, 1.54) is 0 Å². The van der Waals surface area contributed by atoms with Gasteiger partial charge >= 0.3 is 0 Å². The smallest absolute Gasteiger partial charge is 0.139 e. The molecule has 4 aliphatic rings. The Bertz CT molecular complexity index is 544. The van der Waals surface area contributed by atoms with Crippen molar-refractivity contribution in [3.05, 3.63) is 12.2 Å². The molecule has 2 nitrogen and oxygen atoms in total. The Balaban J connectivity index is 1.75. The van der Waals surface area contributed by atoms with Crippen LogP contribution in [0.1, 0.15) is 58.8 Å². The fraction of sp³-hybridized carbons (Fsp3) is 0.842. The number of aliphatic hydroxyl groups is 1. The topological polar surface area (TPSA) is 37.3 Å². The summed E-state index contributed by atoms with van der Waals surface area (Å²) in [6, 6.07) is 0. The number of rotatable bonds is 0. The van der Waals surface area contributed by atoms with Gasteiger partial charge in [0.05, 0.1) is 11.0 Å². The lowest BCUT2D eigenvalue weighted by molar-refractivity contribution is -0.182. The maximum absolute atomic E-state index is 12.4. The highest BCUT2D eigenvalue weighted by Gasteiger charge is 2.65. The first-order chi connectivity index (χ1) is 10.3. The Hall–Kier alpha value is -0.340. The quantitative estimate of drug-likeness (QED) is 0.538. The monoisotopic (exact) mass is 322 g/mol. The van der Waals surface area contributed by atoms with Crippen LogP contribution in [0.25, 0.3) is 0 Å². The molecule has 7 atom stereocenters. The second kappa shape index (κ2) is 4.60. The van der Waals surface area contributed by atoms with Crippen molar-refractivity contribution >= 4 is 17.4 Å². The summed E-state index contributed by atoms with van der Waals surface area (Å²) >= 11 is 6.74. The van der Waals surface area contributed by atoms with Crippen molar-refractivity contribution < 1.29 is 9.90 Å². The Morgan fingerprint density at radius 3 is 2.68 bits per heavy atom. The molecule has 3 fully saturated rings. The van der Waals surface area contributed by atoms with Gasteiger partial charge in [-0.15, -0.1) is 11.6 Å².